The van der Waals surface area contributed by atoms with Crippen LogP contribution in [-0.2, 0) is 16.1 Å². The van der Waals surface area contributed by atoms with Crippen molar-refractivity contribution in [1.29, 1.82) is 0 Å². The highest BCUT2D eigenvalue weighted by Crippen LogP contribution is 2.21. The second-order valence-corrected chi connectivity index (χ2v) is 6.15. The summed E-state index contributed by atoms with van der Waals surface area (Å²) in [4.78, 5) is 14.4. The van der Waals surface area contributed by atoms with E-state index in [9.17, 15) is 4.79 Å². The zero-order chi connectivity index (χ0) is 17.2. The maximum atomic E-state index is 12.5. The number of methoxy groups -OCH3 is 1. The smallest absolute Gasteiger partial charge is 0.236 e. The monoisotopic (exact) mass is 320 g/mol. The Balaban J connectivity index is 2.60. The van der Waals surface area contributed by atoms with E-state index in [0.717, 1.165) is 12.8 Å². The number of carbonyl (C=O) groups is 1. The molecule has 0 radical (unpaired) electrons. The predicted octanol–water partition coefficient (Wildman–Crippen LogP) is 3.07. The molecule has 0 saturated carbocycles. The maximum absolute atomic E-state index is 12.5. The molecule has 4 heteroatoms. The highest BCUT2D eigenvalue weighted by Gasteiger charge is 2.31. The number of likely N-dealkylation sites (N-methyl/N-ethyl adjacent to an activating group) is 1. The predicted molar refractivity (Wildman–Crippen MR) is 95.2 cm³/mol. The molecule has 1 N–H and O–H groups in total. The van der Waals surface area contributed by atoms with Crippen LogP contribution < -0.4 is 5.32 Å². The molecule has 4 nitrogen and oxygen atoms in total. The van der Waals surface area contributed by atoms with E-state index >= 15 is 0 Å². The summed E-state index contributed by atoms with van der Waals surface area (Å²) in [5.74, 6) is 0.518. The van der Waals surface area contributed by atoms with Crippen LogP contribution in [0.3, 0.4) is 0 Å². The van der Waals surface area contributed by atoms with Crippen molar-refractivity contribution in [3.8, 4) is 0 Å². The van der Waals surface area contributed by atoms with Gasteiger partial charge in [0.05, 0.1) is 18.7 Å². The number of hydrogen-bond acceptors (Lipinski definition) is 3. The summed E-state index contributed by atoms with van der Waals surface area (Å²) in [5, 5.41) is 3.24. The van der Waals surface area contributed by atoms with Gasteiger partial charge < -0.3 is 15.0 Å². The third-order valence-corrected chi connectivity index (χ3v) is 4.60. The molecule has 1 aromatic rings. The standard InChI is InChI=1S/C19H32N2O2/c1-6-15(3)19(17(7-2)23-5)21(4)18(22)14-20-13-16-11-9-8-10-12-16/h8-12,15,17,19-20H,6-7,13-14H2,1-5H3. The molecule has 1 aromatic carbocycles. The summed E-state index contributed by atoms with van der Waals surface area (Å²) >= 11 is 0. The van der Waals surface area contributed by atoms with Gasteiger partial charge in [-0.3, -0.25) is 4.79 Å². The van der Waals surface area contributed by atoms with Gasteiger partial charge in [-0.25, -0.2) is 0 Å². The first-order chi connectivity index (χ1) is 11.0. The lowest BCUT2D eigenvalue weighted by Gasteiger charge is -2.37. The lowest BCUT2D eigenvalue weighted by molar-refractivity contribution is -0.135. The van der Waals surface area contributed by atoms with Crippen LogP contribution >= 0.6 is 0 Å². The van der Waals surface area contributed by atoms with Crippen molar-refractivity contribution in [2.24, 2.45) is 5.92 Å². The highest BCUT2D eigenvalue weighted by atomic mass is 16.5. The minimum atomic E-state index is 0.0769. The molecule has 130 valence electrons. The third kappa shape index (κ3) is 5.96. The average molecular weight is 320 g/mol. The number of hydrogen-bond donors (Lipinski definition) is 1. The first-order valence-electron chi connectivity index (χ1n) is 8.58. The molecule has 0 bridgehead atoms. The van der Waals surface area contributed by atoms with Crippen molar-refractivity contribution >= 4 is 5.91 Å². The minimum absolute atomic E-state index is 0.0769. The summed E-state index contributed by atoms with van der Waals surface area (Å²) in [5.41, 5.74) is 1.18. The molecule has 0 aromatic heterocycles. The number of ether oxygens (including phenoxy) is 1. The Morgan fingerprint density at radius 3 is 2.39 bits per heavy atom. The summed E-state index contributed by atoms with van der Waals surface area (Å²) in [6.45, 7) is 7.50. The molecule has 23 heavy (non-hydrogen) atoms. The lowest BCUT2D eigenvalue weighted by Crippen LogP contribution is -2.51. The van der Waals surface area contributed by atoms with Gasteiger partial charge in [0, 0.05) is 20.7 Å². The van der Waals surface area contributed by atoms with E-state index in [1.807, 2.05) is 30.1 Å². The quantitative estimate of drug-likeness (QED) is 0.720. The fourth-order valence-electron chi connectivity index (χ4n) is 2.99. The lowest BCUT2D eigenvalue weighted by atomic mass is 9.91. The van der Waals surface area contributed by atoms with Crippen LogP contribution in [0, 0.1) is 5.92 Å². The second kappa shape index (κ2) is 10.4. The van der Waals surface area contributed by atoms with E-state index in [2.05, 4.69) is 38.2 Å². The molecule has 0 heterocycles. The highest BCUT2D eigenvalue weighted by molar-refractivity contribution is 5.78. The van der Waals surface area contributed by atoms with E-state index in [-0.39, 0.29) is 18.1 Å². The molecule has 0 aliphatic carbocycles. The molecule has 1 rings (SSSR count). The first-order valence-corrected chi connectivity index (χ1v) is 8.58. The average Bonchev–Trinajstić information content (AvgIpc) is 2.59. The van der Waals surface area contributed by atoms with Gasteiger partial charge in [0.25, 0.3) is 0 Å². The number of carbonyl (C=O) groups excluding carboxylic acids is 1. The fraction of sp³-hybridized carbons (Fsp3) is 0.632. The van der Waals surface area contributed by atoms with Gasteiger partial charge >= 0.3 is 0 Å². The van der Waals surface area contributed by atoms with Gasteiger partial charge in [-0.05, 0) is 17.9 Å². The minimum Gasteiger partial charge on any atom is -0.379 e. The topological polar surface area (TPSA) is 41.6 Å². The van der Waals surface area contributed by atoms with Crippen LogP contribution in [0.1, 0.15) is 39.2 Å². The Bertz CT molecular complexity index is 446. The molecule has 0 aliphatic heterocycles. The van der Waals surface area contributed by atoms with Gasteiger partial charge in [-0.2, -0.15) is 0 Å². The number of rotatable bonds is 10. The van der Waals surface area contributed by atoms with Gasteiger partial charge in [0.1, 0.15) is 0 Å². The Hall–Kier alpha value is -1.39. The van der Waals surface area contributed by atoms with Gasteiger partial charge in [-0.1, -0.05) is 57.5 Å². The Labute approximate surface area is 141 Å². The van der Waals surface area contributed by atoms with E-state index in [0.29, 0.717) is 19.0 Å². The summed E-state index contributed by atoms with van der Waals surface area (Å²) in [6, 6.07) is 10.2. The Morgan fingerprint density at radius 1 is 1.22 bits per heavy atom. The van der Waals surface area contributed by atoms with Crippen molar-refractivity contribution in [1.82, 2.24) is 10.2 Å². The summed E-state index contributed by atoms with van der Waals surface area (Å²) in [6.07, 6.45) is 2.01. The summed E-state index contributed by atoms with van der Waals surface area (Å²) < 4.78 is 5.62. The third-order valence-electron chi connectivity index (χ3n) is 4.60. The molecule has 3 unspecified atom stereocenters. The van der Waals surface area contributed by atoms with Gasteiger partial charge in [0.2, 0.25) is 5.91 Å². The Kier molecular flexibility index (Phi) is 8.89. The van der Waals surface area contributed by atoms with Crippen LogP contribution in [0.5, 0.6) is 0 Å². The number of nitrogens with zero attached hydrogens (tertiary/aromatic N) is 1. The molecular formula is C19H32N2O2. The molecule has 0 saturated heterocycles. The van der Waals surface area contributed by atoms with Crippen molar-refractivity contribution in [2.45, 2.75) is 52.3 Å². The fourth-order valence-corrected chi connectivity index (χ4v) is 2.99. The maximum Gasteiger partial charge on any atom is 0.236 e. The number of nitrogens with one attached hydrogen (secondary N) is 1. The zero-order valence-corrected chi connectivity index (χ0v) is 15.2. The molecular weight excluding hydrogens is 288 g/mol. The van der Waals surface area contributed by atoms with Crippen LogP contribution in [0.2, 0.25) is 0 Å². The molecule has 0 fully saturated rings. The van der Waals surface area contributed by atoms with Gasteiger partial charge in [0.15, 0.2) is 0 Å². The Morgan fingerprint density at radius 2 is 1.87 bits per heavy atom. The molecule has 0 spiro atoms. The van der Waals surface area contributed by atoms with Crippen LogP contribution in [0.25, 0.3) is 0 Å². The zero-order valence-electron chi connectivity index (χ0n) is 15.2. The van der Waals surface area contributed by atoms with Crippen molar-refractivity contribution in [3.63, 3.8) is 0 Å². The van der Waals surface area contributed by atoms with Crippen molar-refractivity contribution in [3.05, 3.63) is 35.9 Å². The normalized spacial score (nSPS) is 15.0. The van der Waals surface area contributed by atoms with Crippen LogP contribution in [-0.4, -0.2) is 43.7 Å². The molecule has 0 aliphatic rings. The van der Waals surface area contributed by atoms with E-state index in [1.165, 1.54) is 5.56 Å². The number of benzene rings is 1. The SMILES string of the molecule is CCC(C)C(C(CC)OC)N(C)C(=O)CNCc1ccccc1. The summed E-state index contributed by atoms with van der Waals surface area (Å²) in [7, 11) is 3.63. The van der Waals surface area contributed by atoms with Gasteiger partial charge in [-0.15, -0.1) is 0 Å². The van der Waals surface area contributed by atoms with Crippen LogP contribution in [0.15, 0.2) is 30.3 Å². The van der Waals surface area contributed by atoms with Crippen molar-refractivity contribution in [2.75, 3.05) is 20.7 Å². The molecule has 3 atom stereocenters. The van der Waals surface area contributed by atoms with Crippen LogP contribution in [0.4, 0.5) is 0 Å². The first kappa shape index (κ1) is 19.7. The van der Waals surface area contributed by atoms with E-state index in [4.69, 9.17) is 4.74 Å². The van der Waals surface area contributed by atoms with E-state index < -0.39 is 0 Å². The number of amides is 1. The molecule has 1 amide bonds. The second-order valence-electron chi connectivity index (χ2n) is 6.15. The van der Waals surface area contributed by atoms with Crippen molar-refractivity contribution < 1.29 is 9.53 Å². The largest absolute Gasteiger partial charge is 0.379 e. The van der Waals surface area contributed by atoms with E-state index in [1.54, 1.807) is 7.11 Å².